The van der Waals surface area contributed by atoms with Gasteiger partial charge in [-0.1, -0.05) is 41.0 Å². The lowest BCUT2D eigenvalue weighted by Gasteiger charge is -2.05. The van der Waals surface area contributed by atoms with E-state index in [0.717, 1.165) is 38.5 Å². The Hall–Kier alpha value is -1.08. The molecule has 0 rings (SSSR count). The molecule has 0 aromatic heterocycles. The van der Waals surface area contributed by atoms with Crippen LogP contribution in [-0.4, -0.2) is 11.7 Å². The predicted molar refractivity (Wildman–Crippen MR) is 86.3 cm³/mol. The van der Waals surface area contributed by atoms with Crippen LogP contribution in [0, 0.1) is 0 Å². The van der Waals surface area contributed by atoms with Gasteiger partial charge < -0.3 is 5.11 Å². The van der Waals surface area contributed by atoms with Crippen molar-refractivity contribution in [1.29, 1.82) is 0 Å². The van der Waals surface area contributed by atoms with Crippen LogP contribution in [0.3, 0.4) is 0 Å². The van der Waals surface area contributed by atoms with E-state index in [-0.39, 0.29) is 6.61 Å². The van der Waals surface area contributed by atoms with Gasteiger partial charge in [0, 0.05) is 0 Å². The van der Waals surface area contributed by atoms with E-state index in [0.29, 0.717) is 0 Å². The molecule has 0 atom stereocenters. The molecule has 0 saturated carbocycles. The third-order valence-corrected chi connectivity index (χ3v) is 3.10. The lowest BCUT2D eigenvalue weighted by molar-refractivity contribution is 0.341. The maximum absolute atomic E-state index is 8.99. The first-order valence-corrected chi connectivity index (χ1v) is 7.28. The number of aliphatic hydroxyl groups excluding tert-OH is 1. The van der Waals surface area contributed by atoms with Crippen LogP contribution in [-0.2, 0) is 0 Å². The highest BCUT2D eigenvalue weighted by Crippen LogP contribution is 2.15. The standard InChI is InChI=1S/C18H30O/c1-5-6-12-18(14-15-19)13-8-11-17(4)10-7-9-16(2)3/h5,9,11,14,19H,1,6-8,10,12-13,15H2,2-4H3. The Kier molecular flexibility index (Phi) is 11.3. The van der Waals surface area contributed by atoms with Crippen molar-refractivity contribution in [3.05, 3.63) is 47.6 Å². The highest BCUT2D eigenvalue weighted by atomic mass is 16.2. The van der Waals surface area contributed by atoms with Crippen molar-refractivity contribution in [3.63, 3.8) is 0 Å². The molecule has 0 aliphatic heterocycles. The summed E-state index contributed by atoms with van der Waals surface area (Å²) in [6, 6.07) is 0. The molecule has 0 saturated heterocycles. The van der Waals surface area contributed by atoms with Crippen molar-refractivity contribution in [2.75, 3.05) is 6.61 Å². The van der Waals surface area contributed by atoms with Crippen molar-refractivity contribution in [1.82, 2.24) is 0 Å². The molecule has 0 aliphatic rings. The molecular formula is C18H30O. The van der Waals surface area contributed by atoms with Gasteiger partial charge in [-0.25, -0.2) is 0 Å². The van der Waals surface area contributed by atoms with E-state index in [1.807, 2.05) is 12.2 Å². The fourth-order valence-corrected chi connectivity index (χ4v) is 1.94. The first-order valence-electron chi connectivity index (χ1n) is 7.28. The fraction of sp³-hybridized carbons (Fsp3) is 0.556. The first-order chi connectivity index (χ1) is 9.10. The zero-order chi connectivity index (χ0) is 14.5. The minimum absolute atomic E-state index is 0.149. The monoisotopic (exact) mass is 262 g/mol. The van der Waals surface area contributed by atoms with Gasteiger partial charge in [0.25, 0.3) is 0 Å². The smallest absolute Gasteiger partial charge is 0.0615 e. The predicted octanol–water partition coefficient (Wildman–Crippen LogP) is 5.34. The Morgan fingerprint density at radius 1 is 0.895 bits per heavy atom. The first kappa shape index (κ1) is 17.9. The number of allylic oxidation sites excluding steroid dienone is 6. The van der Waals surface area contributed by atoms with Crippen LogP contribution in [0.4, 0.5) is 0 Å². The summed E-state index contributed by atoms with van der Waals surface area (Å²) in [6.45, 7) is 10.4. The average molecular weight is 262 g/mol. The van der Waals surface area contributed by atoms with E-state index >= 15 is 0 Å². The maximum atomic E-state index is 8.99. The fourth-order valence-electron chi connectivity index (χ4n) is 1.94. The van der Waals surface area contributed by atoms with Crippen LogP contribution in [0.2, 0.25) is 0 Å². The van der Waals surface area contributed by atoms with Crippen LogP contribution < -0.4 is 0 Å². The third-order valence-electron chi connectivity index (χ3n) is 3.10. The van der Waals surface area contributed by atoms with Crippen molar-refractivity contribution in [2.45, 2.75) is 59.3 Å². The van der Waals surface area contributed by atoms with E-state index < -0.39 is 0 Å². The molecule has 1 nitrogen and oxygen atoms in total. The molecule has 0 heterocycles. The lowest BCUT2D eigenvalue weighted by Crippen LogP contribution is -1.87. The summed E-state index contributed by atoms with van der Waals surface area (Å²) in [5.74, 6) is 0. The molecule has 0 radical (unpaired) electrons. The summed E-state index contributed by atoms with van der Waals surface area (Å²) < 4.78 is 0. The molecule has 0 fully saturated rings. The number of aliphatic hydroxyl groups is 1. The summed E-state index contributed by atoms with van der Waals surface area (Å²) in [5, 5.41) is 8.99. The van der Waals surface area contributed by atoms with Gasteiger partial charge in [0.1, 0.15) is 0 Å². The molecule has 0 aromatic carbocycles. The molecule has 0 bridgehead atoms. The van der Waals surface area contributed by atoms with Gasteiger partial charge in [0.2, 0.25) is 0 Å². The van der Waals surface area contributed by atoms with E-state index in [2.05, 4.69) is 39.5 Å². The molecule has 19 heavy (non-hydrogen) atoms. The molecule has 1 N–H and O–H groups in total. The van der Waals surface area contributed by atoms with Crippen molar-refractivity contribution >= 4 is 0 Å². The van der Waals surface area contributed by atoms with E-state index in [9.17, 15) is 0 Å². The topological polar surface area (TPSA) is 20.2 Å². The SMILES string of the molecule is C=CCCC(=CCO)CCC=C(C)CCC=C(C)C. The molecule has 0 spiro atoms. The number of hydrogen-bond donors (Lipinski definition) is 1. The molecule has 108 valence electrons. The number of rotatable bonds is 10. The second-order valence-electron chi connectivity index (χ2n) is 5.28. The van der Waals surface area contributed by atoms with Crippen LogP contribution >= 0.6 is 0 Å². The van der Waals surface area contributed by atoms with Gasteiger partial charge in [-0.3, -0.25) is 0 Å². The molecule has 0 unspecified atom stereocenters. The normalized spacial score (nSPS) is 12.4. The lowest BCUT2D eigenvalue weighted by atomic mass is 10.0. The van der Waals surface area contributed by atoms with Gasteiger partial charge in [-0.15, -0.1) is 6.58 Å². The molecular weight excluding hydrogens is 232 g/mol. The Morgan fingerprint density at radius 3 is 2.11 bits per heavy atom. The molecule has 1 heteroatoms. The Morgan fingerprint density at radius 2 is 1.53 bits per heavy atom. The van der Waals surface area contributed by atoms with Crippen molar-refractivity contribution in [2.24, 2.45) is 0 Å². The molecule has 0 aliphatic carbocycles. The summed E-state index contributed by atoms with van der Waals surface area (Å²) in [4.78, 5) is 0. The van der Waals surface area contributed by atoms with Crippen molar-refractivity contribution < 1.29 is 5.11 Å². The van der Waals surface area contributed by atoms with Crippen LogP contribution in [0.5, 0.6) is 0 Å². The maximum Gasteiger partial charge on any atom is 0.0615 e. The van der Waals surface area contributed by atoms with E-state index in [4.69, 9.17) is 5.11 Å². The summed E-state index contributed by atoms with van der Waals surface area (Å²) in [6.07, 6.45) is 14.9. The van der Waals surface area contributed by atoms with E-state index in [1.54, 1.807) is 0 Å². The highest BCUT2D eigenvalue weighted by Gasteiger charge is 1.96. The minimum Gasteiger partial charge on any atom is -0.392 e. The molecule has 0 amide bonds. The summed E-state index contributed by atoms with van der Waals surface area (Å²) >= 11 is 0. The summed E-state index contributed by atoms with van der Waals surface area (Å²) in [7, 11) is 0. The van der Waals surface area contributed by atoms with Gasteiger partial charge in [-0.05, 0) is 59.3 Å². The van der Waals surface area contributed by atoms with Crippen LogP contribution in [0.25, 0.3) is 0 Å². The zero-order valence-corrected chi connectivity index (χ0v) is 12.9. The largest absolute Gasteiger partial charge is 0.392 e. The van der Waals surface area contributed by atoms with Gasteiger partial charge in [-0.2, -0.15) is 0 Å². The van der Waals surface area contributed by atoms with Gasteiger partial charge in [0.15, 0.2) is 0 Å². The van der Waals surface area contributed by atoms with E-state index in [1.165, 1.54) is 16.7 Å². The van der Waals surface area contributed by atoms with Gasteiger partial charge >= 0.3 is 0 Å². The number of hydrogen-bond acceptors (Lipinski definition) is 1. The second kappa shape index (κ2) is 12.0. The van der Waals surface area contributed by atoms with Crippen molar-refractivity contribution in [3.8, 4) is 0 Å². The second-order valence-corrected chi connectivity index (χ2v) is 5.28. The molecule has 0 aromatic rings. The Bertz CT molecular complexity index is 328. The zero-order valence-electron chi connectivity index (χ0n) is 12.9. The van der Waals surface area contributed by atoms with Gasteiger partial charge in [0.05, 0.1) is 6.61 Å². The van der Waals surface area contributed by atoms with Crippen LogP contribution in [0.1, 0.15) is 59.3 Å². The minimum atomic E-state index is 0.149. The highest BCUT2D eigenvalue weighted by molar-refractivity contribution is 5.07. The average Bonchev–Trinajstić information content (AvgIpc) is 2.35. The van der Waals surface area contributed by atoms with Crippen LogP contribution in [0.15, 0.2) is 47.6 Å². The Balaban J connectivity index is 4.04. The quantitative estimate of drug-likeness (QED) is 0.527. The summed E-state index contributed by atoms with van der Waals surface area (Å²) in [5.41, 5.74) is 4.20. The Labute approximate surface area is 119 Å². The third kappa shape index (κ3) is 11.7.